The van der Waals surface area contributed by atoms with Crippen LogP contribution in [-0.2, 0) is 22.5 Å². The summed E-state index contributed by atoms with van der Waals surface area (Å²) < 4.78 is 5.05. The molecule has 1 aliphatic rings. The second kappa shape index (κ2) is 4.33. The molecule has 2 heterocycles. The van der Waals surface area contributed by atoms with E-state index < -0.39 is 0 Å². The highest BCUT2D eigenvalue weighted by Gasteiger charge is 2.24. The normalized spacial score (nSPS) is 17.3. The van der Waals surface area contributed by atoms with Crippen molar-refractivity contribution in [2.24, 2.45) is 0 Å². The van der Waals surface area contributed by atoms with Gasteiger partial charge in [-0.2, -0.15) is 0 Å². The quantitative estimate of drug-likeness (QED) is 0.766. The molecule has 1 aromatic heterocycles. The number of hydrogen-bond acceptors (Lipinski definition) is 3. The second-order valence-electron chi connectivity index (χ2n) is 3.76. The summed E-state index contributed by atoms with van der Waals surface area (Å²) in [5.74, 6) is 0.0920. The van der Waals surface area contributed by atoms with Gasteiger partial charge in [0.15, 0.2) is 0 Å². The number of amides is 1. The van der Waals surface area contributed by atoms with Crippen LogP contribution < -0.4 is 0 Å². The van der Waals surface area contributed by atoms with Gasteiger partial charge in [-0.05, 0) is 30.4 Å². The molecule has 0 aromatic carbocycles. The molecule has 0 fully saturated rings. The molecular weight excluding hydrogens is 210 g/mol. The molecule has 15 heavy (non-hydrogen) atoms. The maximum atomic E-state index is 11.9. The zero-order valence-electron chi connectivity index (χ0n) is 9.03. The fourth-order valence-electron chi connectivity index (χ4n) is 1.79. The van der Waals surface area contributed by atoms with Crippen molar-refractivity contribution < 1.29 is 9.53 Å². The van der Waals surface area contributed by atoms with E-state index in [1.807, 2.05) is 4.90 Å². The number of nitrogens with zero attached hydrogens (tertiary/aromatic N) is 1. The predicted molar refractivity (Wildman–Crippen MR) is 59.9 cm³/mol. The molecule has 2 rings (SSSR count). The van der Waals surface area contributed by atoms with Crippen LogP contribution in [0.15, 0.2) is 11.4 Å². The fraction of sp³-hybridized carbons (Fsp3) is 0.545. The Morgan fingerprint density at radius 3 is 3.20 bits per heavy atom. The number of carbonyl (C=O) groups is 1. The van der Waals surface area contributed by atoms with Gasteiger partial charge in [-0.3, -0.25) is 4.79 Å². The van der Waals surface area contributed by atoms with Gasteiger partial charge in [-0.25, -0.2) is 0 Å². The van der Waals surface area contributed by atoms with Crippen molar-refractivity contribution in [3.8, 4) is 0 Å². The largest absolute Gasteiger partial charge is 0.372 e. The lowest BCUT2D eigenvalue weighted by Crippen LogP contribution is -2.41. The minimum Gasteiger partial charge on any atom is -0.372 e. The highest BCUT2D eigenvalue weighted by molar-refractivity contribution is 7.10. The zero-order chi connectivity index (χ0) is 10.8. The Kier molecular flexibility index (Phi) is 3.07. The molecule has 0 saturated carbocycles. The molecule has 1 aromatic rings. The number of rotatable bonds is 2. The lowest BCUT2D eigenvalue weighted by Gasteiger charge is -2.28. The first-order chi connectivity index (χ1) is 7.22. The Bertz CT molecular complexity index is 361. The van der Waals surface area contributed by atoms with Gasteiger partial charge < -0.3 is 9.64 Å². The number of hydrogen-bond donors (Lipinski definition) is 0. The minimum atomic E-state index is -0.329. The van der Waals surface area contributed by atoms with Crippen molar-refractivity contribution in [1.82, 2.24) is 4.90 Å². The molecule has 82 valence electrons. The van der Waals surface area contributed by atoms with Gasteiger partial charge in [0.1, 0.15) is 6.10 Å². The molecule has 0 N–H and O–H groups in total. The molecular formula is C11H15NO2S. The van der Waals surface area contributed by atoms with Crippen LogP contribution in [0, 0.1) is 0 Å². The topological polar surface area (TPSA) is 29.5 Å². The van der Waals surface area contributed by atoms with E-state index >= 15 is 0 Å². The highest BCUT2D eigenvalue weighted by atomic mass is 32.1. The number of thiophene rings is 1. The molecule has 1 amide bonds. The third-order valence-electron chi connectivity index (χ3n) is 2.82. The first-order valence-corrected chi connectivity index (χ1v) is 5.97. The second-order valence-corrected chi connectivity index (χ2v) is 4.76. The first kappa shape index (κ1) is 10.6. The number of ether oxygens (including phenoxy) is 1. The van der Waals surface area contributed by atoms with Gasteiger partial charge in [-0.1, -0.05) is 0 Å². The Hall–Kier alpha value is -0.870. The number of fused-ring (bicyclic) bond motifs is 1. The van der Waals surface area contributed by atoms with E-state index in [9.17, 15) is 4.79 Å². The molecule has 0 saturated heterocycles. The Morgan fingerprint density at radius 2 is 2.47 bits per heavy atom. The summed E-state index contributed by atoms with van der Waals surface area (Å²) in [5, 5.41) is 2.10. The lowest BCUT2D eigenvalue weighted by molar-refractivity contribution is -0.141. The van der Waals surface area contributed by atoms with Gasteiger partial charge in [0.2, 0.25) is 0 Å². The van der Waals surface area contributed by atoms with Gasteiger partial charge in [0, 0.05) is 25.1 Å². The minimum absolute atomic E-state index is 0.0920. The van der Waals surface area contributed by atoms with E-state index in [4.69, 9.17) is 4.74 Å². The van der Waals surface area contributed by atoms with E-state index in [0.717, 1.165) is 19.5 Å². The monoisotopic (exact) mass is 225 g/mol. The predicted octanol–water partition coefficient (Wildman–Crippen LogP) is 1.67. The molecule has 0 spiro atoms. The van der Waals surface area contributed by atoms with E-state index in [2.05, 4.69) is 11.4 Å². The highest BCUT2D eigenvalue weighted by Crippen LogP contribution is 2.24. The summed E-state index contributed by atoms with van der Waals surface area (Å²) in [6.45, 7) is 3.36. The average molecular weight is 225 g/mol. The van der Waals surface area contributed by atoms with Gasteiger partial charge in [0.25, 0.3) is 5.91 Å². The van der Waals surface area contributed by atoms with Crippen molar-refractivity contribution in [2.75, 3.05) is 13.7 Å². The van der Waals surface area contributed by atoms with Crippen molar-refractivity contribution in [2.45, 2.75) is 26.0 Å². The van der Waals surface area contributed by atoms with Crippen molar-refractivity contribution in [1.29, 1.82) is 0 Å². The molecule has 1 atom stereocenters. The van der Waals surface area contributed by atoms with Gasteiger partial charge in [0.05, 0.1) is 0 Å². The van der Waals surface area contributed by atoms with Crippen LogP contribution in [-0.4, -0.2) is 30.6 Å². The van der Waals surface area contributed by atoms with E-state index in [-0.39, 0.29) is 12.0 Å². The van der Waals surface area contributed by atoms with Crippen molar-refractivity contribution in [3.05, 3.63) is 21.9 Å². The van der Waals surface area contributed by atoms with Crippen LogP contribution in [0.1, 0.15) is 17.4 Å². The molecule has 0 radical (unpaired) electrons. The van der Waals surface area contributed by atoms with Crippen molar-refractivity contribution in [3.63, 3.8) is 0 Å². The van der Waals surface area contributed by atoms with Crippen LogP contribution in [0.3, 0.4) is 0 Å². The van der Waals surface area contributed by atoms with Crippen molar-refractivity contribution >= 4 is 17.2 Å². The molecule has 1 unspecified atom stereocenters. The molecule has 0 aliphatic carbocycles. The third-order valence-corrected chi connectivity index (χ3v) is 3.84. The third kappa shape index (κ3) is 2.06. The number of carbonyl (C=O) groups excluding carboxylic acids is 1. The average Bonchev–Trinajstić information content (AvgIpc) is 2.73. The maximum absolute atomic E-state index is 11.9. The van der Waals surface area contributed by atoms with Crippen LogP contribution in [0.5, 0.6) is 0 Å². The molecule has 4 heteroatoms. The Balaban J connectivity index is 2.06. The SMILES string of the molecule is COC(C)C(=O)N1CCc2sccc2C1. The van der Waals surface area contributed by atoms with Crippen LogP contribution >= 0.6 is 11.3 Å². The van der Waals surface area contributed by atoms with E-state index in [1.54, 1.807) is 25.4 Å². The van der Waals surface area contributed by atoms with Crippen LogP contribution in [0.2, 0.25) is 0 Å². The maximum Gasteiger partial charge on any atom is 0.251 e. The van der Waals surface area contributed by atoms with E-state index in [0.29, 0.717) is 0 Å². The number of methoxy groups -OCH3 is 1. The summed E-state index contributed by atoms with van der Waals surface area (Å²) in [4.78, 5) is 15.2. The Labute approximate surface area is 93.7 Å². The first-order valence-electron chi connectivity index (χ1n) is 5.09. The molecule has 0 bridgehead atoms. The summed E-state index contributed by atoms with van der Waals surface area (Å²) >= 11 is 1.78. The van der Waals surface area contributed by atoms with Gasteiger partial charge >= 0.3 is 0 Å². The van der Waals surface area contributed by atoms with E-state index in [1.165, 1.54) is 10.4 Å². The standard InChI is InChI=1S/C11H15NO2S/c1-8(14-2)11(13)12-5-3-10-9(7-12)4-6-15-10/h4,6,8H,3,5,7H2,1-2H3. The summed E-state index contributed by atoms with van der Waals surface area (Å²) in [6, 6.07) is 2.11. The molecule has 3 nitrogen and oxygen atoms in total. The summed E-state index contributed by atoms with van der Waals surface area (Å²) in [5.41, 5.74) is 1.29. The summed E-state index contributed by atoms with van der Waals surface area (Å²) in [7, 11) is 1.57. The fourth-order valence-corrected chi connectivity index (χ4v) is 2.68. The Morgan fingerprint density at radius 1 is 1.67 bits per heavy atom. The molecule has 1 aliphatic heterocycles. The lowest BCUT2D eigenvalue weighted by atomic mass is 10.1. The summed E-state index contributed by atoms with van der Waals surface area (Å²) in [6.07, 6.45) is 0.653. The van der Waals surface area contributed by atoms with Crippen LogP contribution in [0.25, 0.3) is 0 Å². The van der Waals surface area contributed by atoms with Crippen LogP contribution in [0.4, 0.5) is 0 Å². The smallest absolute Gasteiger partial charge is 0.251 e. The zero-order valence-corrected chi connectivity index (χ0v) is 9.84. The van der Waals surface area contributed by atoms with Gasteiger partial charge in [-0.15, -0.1) is 11.3 Å².